The van der Waals surface area contributed by atoms with Crippen LogP contribution < -0.4 is 0 Å². The second-order valence-electron chi connectivity index (χ2n) is 11.0. The highest BCUT2D eigenvalue weighted by molar-refractivity contribution is 5.66. The molecule has 0 aliphatic heterocycles. The Hall–Kier alpha value is -0.910. The lowest BCUT2D eigenvalue weighted by Crippen LogP contribution is -2.59. The summed E-state index contributed by atoms with van der Waals surface area (Å²) in [5, 5.41) is 41.9. The first-order valence-electron chi connectivity index (χ1n) is 11.6. The number of aliphatic hydroxyl groups is 3. The van der Waals surface area contributed by atoms with E-state index in [2.05, 4.69) is 20.8 Å². The van der Waals surface area contributed by atoms with Gasteiger partial charge in [-0.25, -0.2) is 0 Å². The van der Waals surface area contributed by atoms with Gasteiger partial charge in [0.2, 0.25) is 0 Å². The molecule has 0 bridgehead atoms. The largest absolute Gasteiger partial charge is 0.481 e. The molecule has 0 aromatic carbocycles. The summed E-state index contributed by atoms with van der Waals surface area (Å²) >= 11 is 0. The summed E-state index contributed by atoms with van der Waals surface area (Å²) in [6.45, 7) is 6.62. The Balaban J connectivity index is 1.64. The van der Waals surface area contributed by atoms with E-state index in [0.717, 1.165) is 25.7 Å². The lowest BCUT2D eigenvalue weighted by atomic mass is 9.45. The first-order chi connectivity index (χ1) is 13.6. The van der Waals surface area contributed by atoms with Gasteiger partial charge in [0.1, 0.15) is 0 Å². The molecular formula is C24H38O5. The summed E-state index contributed by atoms with van der Waals surface area (Å²) in [7, 11) is 0. The molecule has 3 saturated carbocycles. The van der Waals surface area contributed by atoms with E-state index in [4.69, 9.17) is 5.11 Å². The van der Waals surface area contributed by atoms with Gasteiger partial charge in [-0.15, -0.1) is 0 Å². The maximum atomic E-state index is 11.5. The molecule has 0 radical (unpaired) electrons. The van der Waals surface area contributed by atoms with Crippen LogP contribution in [-0.2, 0) is 4.79 Å². The molecule has 3 fully saturated rings. The Bertz CT molecular complexity index is 689. The van der Waals surface area contributed by atoms with Crippen molar-refractivity contribution in [2.24, 2.45) is 40.4 Å². The fraction of sp³-hybridized carbons (Fsp3) is 0.875. The number of hydrogen-bond acceptors (Lipinski definition) is 4. The van der Waals surface area contributed by atoms with Crippen molar-refractivity contribution in [2.75, 3.05) is 0 Å². The highest BCUT2D eigenvalue weighted by Gasteiger charge is 2.64. The highest BCUT2D eigenvalue weighted by Crippen LogP contribution is 2.67. The van der Waals surface area contributed by atoms with Gasteiger partial charge in [0.15, 0.2) is 0 Å². The number of carboxylic acid groups (broad SMARTS) is 1. The Kier molecular flexibility index (Phi) is 5.40. The van der Waals surface area contributed by atoms with Crippen molar-refractivity contribution in [2.45, 2.75) is 90.4 Å². The van der Waals surface area contributed by atoms with Crippen LogP contribution in [-0.4, -0.2) is 44.7 Å². The Morgan fingerprint density at radius 2 is 1.90 bits per heavy atom. The van der Waals surface area contributed by atoms with E-state index in [9.17, 15) is 20.1 Å². The van der Waals surface area contributed by atoms with Crippen LogP contribution >= 0.6 is 0 Å². The SMILES string of the molecule is C[C@@H](CCC(=O)O)[C@H]1CC[C@H]2[C@@H]3[C@H](O)C=C4C[C@@H](O)CC[C@]4(C)[C@H]3C[C@@H](O)[C@]12C. The summed E-state index contributed by atoms with van der Waals surface area (Å²) in [5.74, 6) is 0.426. The molecule has 4 N–H and O–H groups in total. The van der Waals surface area contributed by atoms with Crippen LogP contribution in [0.15, 0.2) is 11.6 Å². The summed E-state index contributed by atoms with van der Waals surface area (Å²) in [6.07, 6.45) is 6.64. The van der Waals surface area contributed by atoms with Crippen molar-refractivity contribution in [1.29, 1.82) is 0 Å². The van der Waals surface area contributed by atoms with Crippen molar-refractivity contribution in [3.8, 4) is 0 Å². The first kappa shape index (κ1) is 21.3. The average molecular weight is 407 g/mol. The van der Waals surface area contributed by atoms with Crippen LogP contribution in [0.3, 0.4) is 0 Å². The molecule has 4 aliphatic carbocycles. The molecule has 0 aromatic heterocycles. The van der Waals surface area contributed by atoms with Crippen LogP contribution in [0.5, 0.6) is 0 Å². The molecule has 4 aliphatic rings. The molecule has 0 heterocycles. The molecule has 0 amide bonds. The summed E-state index contributed by atoms with van der Waals surface area (Å²) < 4.78 is 0. The van der Waals surface area contributed by atoms with Gasteiger partial charge in [-0.3, -0.25) is 4.79 Å². The molecule has 0 spiro atoms. The highest BCUT2D eigenvalue weighted by atomic mass is 16.4. The van der Waals surface area contributed by atoms with Crippen molar-refractivity contribution in [3.05, 3.63) is 11.6 Å². The van der Waals surface area contributed by atoms with Crippen molar-refractivity contribution in [1.82, 2.24) is 0 Å². The molecule has 0 unspecified atom stereocenters. The van der Waals surface area contributed by atoms with Crippen molar-refractivity contribution >= 4 is 5.97 Å². The molecule has 164 valence electrons. The summed E-state index contributed by atoms with van der Waals surface area (Å²) in [4.78, 5) is 11.1. The van der Waals surface area contributed by atoms with E-state index in [1.54, 1.807) is 0 Å². The van der Waals surface area contributed by atoms with E-state index >= 15 is 0 Å². The fourth-order valence-corrected chi connectivity index (χ4v) is 8.12. The van der Waals surface area contributed by atoms with Gasteiger partial charge in [-0.2, -0.15) is 0 Å². The van der Waals surface area contributed by atoms with E-state index in [-0.39, 0.29) is 47.0 Å². The van der Waals surface area contributed by atoms with Crippen molar-refractivity contribution < 1.29 is 25.2 Å². The normalized spacial score (nSPS) is 50.1. The zero-order valence-electron chi connectivity index (χ0n) is 18.1. The fourth-order valence-electron chi connectivity index (χ4n) is 8.12. The third-order valence-electron chi connectivity index (χ3n) is 9.78. The monoisotopic (exact) mass is 406 g/mol. The van der Waals surface area contributed by atoms with Crippen molar-refractivity contribution in [3.63, 3.8) is 0 Å². The molecule has 5 nitrogen and oxygen atoms in total. The maximum Gasteiger partial charge on any atom is 0.303 e. The standard InChI is InChI=1S/C24H38O5/c1-13(4-7-21(28)29)16-5-6-17-22-18(12-20(27)24(16,17)3)23(2)9-8-15(25)10-14(23)11-19(22)26/h11,13,15-20,22,25-27H,4-10,12H2,1-3H3,(H,28,29)/t13-,15-,16+,17-,18-,19+,20+,22-,23-,24+/m0/s1. The average Bonchev–Trinajstić information content (AvgIpc) is 3.01. The van der Waals surface area contributed by atoms with Crippen LogP contribution in [0.25, 0.3) is 0 Å². The van der Waals surface area contributed by atoms with Gasteiger partial charge in [0, 0.05) is 6.42 Å². The Morgan fingerprint density at radius 3 is 2.59 bits per heavy atom. The minimum atomic E-state index is -0.756. The lowest BCUT2D eigenvalue weighted by molar-refractivity contribution is -0.158. The second-order valence-corrected chi connectivity index (χ2v) is 11.0. The second kappa shape index (κ2) is 7.35. The number of aliphatic carboxylic acids is 1. The molecule has 10 atom stereocenters. The minimum absolute atomic E-state index is 0.0432. The van der Waals surface area contributed by atoms with Crippen LogP contribution in [0.2, 0.25) is 0 Å². The third-order valence-corrected chi connectivity index (χ3v) is 9.78. The predicted molar refractivity (Wildman–Crippen MR) is 110 cm³/mol. The summed E-state index contributed by atoms with van der Waals surface area (Å²) in [6, 6.07) is 0. The topological polar surface area (TPSA) is 98.0 Å². The number of aliphatic hydroxyl groups excluding tert-OH is 3. The van der Waals surface area contributed by atoms with E-state index in [1.807, 2.05) is 6.08 Å². The van der Waals surface area contributed by atoms with Gasteiger partial charge < -0.3 is 20.4 Å². The Morgan fingerprint density at radius 1 is 1.17 bits per heavy atom. The van der Waals surface area contributed by atoms with Gasteiger partial charge in [-0.1, -0.05) is 32.4 Å². The van der Waals surface area contributed by atoms with Gasteiger partial charge in [-0.05, 0) is 85.4 Å². The molecule has 29 heavy (non-hydrogen) atoms. The smallest absolute Gasteiger partial charge is 0.303 e. The third kappa shape index (κ3) is 3.19. The predicted octanol–water partition coefficient (Wildman–Crippen LogP) is 3.37. The van der Waals surface area contributed by atoms with E-state index in [0.29, 0.717) is 25.2 Å². The molecule has 0 aromatic rings. The number of fused-ring (bicyclic) bond motifs is 5. The zero-order chi connectivity index (χ0) is 21.1. The van der Waals surface area contributed by atoms with E-state index in [1.165, 1.54) is 5.57 Å². The molecular weight excluding hydrogens is 368 g/mol. The number of carbonyl (C=O) groups is 1. The summed E-state index contributed by atoms with van der Waals surface area (Å²) in [5.41, 5.74) is 0.874. The van der Waals surface area contributed by atoms with Gasteiger partial charge >= 0.3 is 5.97 Å². The van der Waals surface area contributed by atoms with Crippen LogP contribution in [0, 0.1) is 40.4 Å². The molecule has 5 heteroatoms. The molecule has 0 saturated heterocycles. The maximum absolute atomic E-state index is 11.5. The number of hydrogen-bond donors (Lipinski definition) is 4. The molecule has 4 rings (SSSR count). The lowest BCUT2D eigenvalue weighted by Gasteiger charge is -2.61. The van der Waals surface area contributed by atoms with E-state index < -0.39 is 18.2 Å². The van der Waals surface area contributed by atoms with Gasteiger partial charge in [0.05, 0.1) is 18.3 Å². The van der Waals surface area contributed by atoms with Crippen LogP contribution in [0.1, 0.15) is 72.1 Å². The zero-order valence-corrected chi connectivity index (χ0v) is 18.1. The van der Waals surface area contributed by atoms with Crippen LogP contribution in [0.4, 0.5) is 0 Å². The minimum Gasteiger partial charge on any atom is -0.481 e. The first-order valence-corrected chi connectivity index (χ1v) is 11.6. The number of rotatable bonds is 4. The Labute approximate surface area is 174 Å². The van der Waals surface area contributed by atoms with Gasteiger partial charge in [0.25, 0.3) is 0 Å². The quantitative estimate of drug-likeness (QED) is 0.537. The number of carboxylic acids is 1.